The molecule has 2 N–H and O–H groups in total. The number of ether oxygens (including phenoxy) is 1. The van der Waals surface area contributed by atoms with Crippen LogP contribution in [0.3, 0.4) is 0 Å². The lowest BCUT2D eigenvalue weighted by Gasteiger charge is -2.31. The maximum absolute atomic E-state index is 6.30. The van der Waals surface area contributed by atoms with Gasteiger partial charge < -0.3 is 20.3 Å². The lowest BCUT2D eigenvalue weighted by Crippen LogP contribution is -2.41. The molecule has 0 atom stereocenters. The minimum atomic E-state index is 0.0260. The average Bonchev–Trinajstić information content (AvgIpc) is 3.37. The Morgan fingerprint density at radius 3 is 2.66 bits per heavy atom. The maximum Gasteiger partial charge on any atom is 0.234 e. The summed E-state index contributed by atoms with van der Waals surface area (Å²) in [7, 11) is 1.62. The number of hydrogen-bond donors (Lipinski definition) is 2. The summed E-state index contributed by atoms with van der Waals surface area (Å²) in [4.78, 5) is 11.5. The highest BCUT2D eigenvalue weighted by Gasteiger charge is 2.35. The smallest absolute Gasteiger partial charge is 0.234 e. The molecule has 0 bridgehead atoms. The number of thiocarbonyl (C=S) groups is 1. The topological polar surface area (TPSA) is 62.3 Å². The summed E-state index contributed by atoms with van der Waals surface area (Å²) < 4.78 is 5.47. The van der Waals surface area contributed by atoms with E-state index in [1.54, 1.807) is 7.11 Å². The van der Waals surface area contributed by atoms with Crippen molar-refractivity contribution in [2.24, 2.45) is 0 Å². The van der Waals surface area contributed by atoms with Gasteiger partial charge >= 0.3 is 0 Å². The van der Waals surface area contributed by atoms with E-state index >= 15 is 0 Å². The monoisotopic (exact) mass is 507 g/mol. The molecule has 2 heterocycles. The van der Waals surface area contributed by atoms with Gasteiger partial charge in [0.2, 0.25) is 11.8 Å². The van der Waals surface area contributed by atoms with Crippen molar-refractivity contribution in [1.29, 1.82) is 0 Å². The Kier molecular flexibility index (Phi) is 7.07. The molecule has 1 aliphatic carbocycles. The lowest BCUT2D eigenvalue weighted by molar-refractivity contribution is 0.397. The summed E-state index contributed by atoms with van der Waals surface area (Å²) >= 11 is 11.9. The number of halogens is 1. The highest BCUT2D eigenvalue weighted by atomic mass is 35.5. The van der Waals surface area contributed by atoms with Gasteiger partial charge in [0, 0.05) is 36.1 Å². The first-order valence-corrected chi connectivity index (χ1v) is 12.9. The van der Waals surface area contributed by atoms with Crippen LogP contribution in [0.25, 0.3) is 0 Å². The van der Waals surface area contributed by atoms with Crippen LogP contribution in [0.15, 0.2) is 54.6 Å². The highest BCUT2D eigenvalue weighted by molar-refractivity contribution is 7.80. The number of rotatable bonds is 6. The van der Waals surface area contributed by atoms with Crippen molar-refractivity contribution < 1.29 is 4.74 Å². The minimum absolute atomic E-state index is 0.0260. The number of methoxy groups -OCH3 is 1. The lowest BCUT2D eigenvalue weighted by atomic mass is 9.79. The van der Waals surface area contributed by atoms with Crippen LogP contribution in [0.2, 0.25) is 5.02 Å². The number of nitrogens with zero attached hydrogens (tertiary/aromatic N) is 3. The van der Waals surface area contributed by atoms with Gasteiger partial charge in [0.25, 0.3) is 0 Å². The van der Waals surface area contributed by atoms with E-state index in [4.69, 9.17) is 33.5 Å². The molecular formula is C27H30ClN5OS. The molecule has 1 saturated carbocycles. The van der Waals surface area contributed by atoms with Gasteiger partial charge in [-0.1, -0.05) is 60.8 Å². The Morgan fingerprint density at radius 1 is 1.09 bits per heavy atom. The van der Waals surface area contributed by atoms with E-state index in [0.717, 1.165) is 49.7 Å². The number of fused-ring (bicyclic) bond motifs is 1. The number of hydrogen-bond acceptors (Lipinski definition) is 5. The first-order valence-electron chi connectivity index (χ1n) is 12.1. The summed E-state index contributed by atoms with van der Waals surface area (Å²) in [5.41, 5.74) is 4.01. The van der Waals surface area contributed by atoms with Crippen molar-refractivity contribution in [2.75, 3.05) is 30.4 Å². The molecule has 5 rings (SSSR count). The van der Waals surface area contributed by atoms with Crippen molar-refractivity contribution >= 4 is 40.7 Å². The van der Waals surface area contributed by atoms with Gasteiger partial charge in [-0.2, -0.15) is 9.97 Å². The Labute approximate surface area is 217 Å². The fourth-order valence-electron chi connectivity index (χ4n) is 5.26. The maximum atomic E-state index is 6.30. The van der Waals surface area contributed by atoms with Gasteiger partial charge in [0.1, 0.15) is 5.82 Å². The Bertz CT molecular complexity index is 1210. The summed E-state index contributed by atoms with van der Waals surface area (Å²) in [5, 5.41) is 7.88. The van der Waals surface area contributed by atoms with E-state index in [2.05, 4.69) is 56.9 Å². The molecule has 2 aliphatic rings. The van der Waals surface area contributed by atoms with Crippen LogP contribution in [-0.4, -0.2) is 35.3 Å². The van der Waals surface area contributed by atoms with Crippen LogP contribution in [0.1, 0.15) is 42.4 Å². The standard InChI is InChI=1S/C27H30ClN5OS/c1-34-24-16-23(33-14-11-19-7-2-3-8-20(19)17-33)30-25(31-24)32-26(35)29-18-27(12-4-5-13-27)21-9-6-10-22(28)15-21/h2-3,6-10,15-16H,4-5,11-14,17-18H2,1H3,(H2,29,30,31,32,35). The molecule has 0 amide bonds. The summed E-state index contributed by atoms with van der Waals surface area (Å²) in [6, 6.07) is 18.6. The van der Waals surface area contributed by atoms with Gasteiger partial charge in [-0.3, -0.25) is 0 Å². The zero-order chi connectivity index (χ0) is 24.3. The molecule has 2 aromatic carbocycles. The van der Waals surface area contributed by atoms with Crippen molar-refractivity contribution in [3.8, 4) is 5.88 Å². The third-order valence-electron chi connectivity index (χ3n) is 7.16. The predicted molar refractivity (Wildman–Crippen MR) is 146 cm³/mol. The fraction of sp³-hybridized carbons (Fsp3) is 0.370. The van der Waals surface area contributed by atoms with E-state index in [9.17, 15) is 0 Å². The van der Waals surface area contributed by atoms with Crippen LogP contribution < -0.4 is 20.3 Å². The van der Waals surface area contributed by atoms with E-state index in [0.29, 0.717) is 16.9 Å². The second-order valence-corrected chi connectivity index (χ2v) is 10.2. The van der Waals surface area contributed by atoms with E-state index in [1.165, 1.54) is 29.5 Å². The second-order valence-electron chi connectivity index (χ2n) is 9.34. The summed E-state index contributed by atoms with van der Waals surface area (Å²) in [6.45, 7) is 2.43. The Morgan fingerprint density at radius 2 is 1.89 bits per heavy atom. The first kappa shape index (κ1) is 23.8. The number of aromatic nitrogens is 2. The van der Waals surface area contributed by atoms with Crippen molar-refractivity contribution in [2.45, 2.75) is 44.1 Å². The molecule has 0 saturated heterocycles. The quantitative estimate of drug-likeness (QED) is 0.427. The normalized spacial score (nSPS) is 16.5. The molecule has 35 heavy (non-hydrogen) atoms. The van der Waals surface area contributed by atoms with Crippen LogP contribution in [0, 0.1) is 0 Å². The molecule has 0 unspecified atom stereocenters. The third kappa shape index (κ3) is 5.36. The van der Waals surface area contributed by atoms with E-state index in [-0.39, 0.29) is 5.41 Å². The largest absolute Gasteiger partial charge is 0.481 e. The molecule has 0 radical (unpaired) electrons. The first-order chi connectivity index (χ1) is 17.0. The molecule has 3 aromatic rings. The predicted octanol–water partition coefficient (Wildman–Crippen LogP) is 5.50. The Balaban J connectivity index is 1.29. The molecule has 182 valence electrons. The molecule has 1 fully saturated rings. The zero-order valence-electron chi connectivity index (χ0n) is 19.9. The SMILES string of the molecule is COc1cc(N2CCc3ccccc3C2)nc(NC(=S)NCC2(c3cccc(Cl)c3)CCCC2)n1. The van der Waals surface area contributed by atoms with Crippen molar-refractivity contribution in [3.05, 3.63) is 76.3 Å². The van der Waals surface area contributed by atoms with Gasteiger partial charge in [-0.15, -0.1) is 0 Å². The van der Waals surface area contributed by atoms with Crippen molar-refractivity contribution in [1.82, 2.24) is 15.3 Å². The zero-order valence-corrected chi connectivity index (χ0v) is 21.5. The van der Waals surface area contributed by atoms with Crippen LogP contribution in [-0.2, 0) is 18.4 Å². The summed E-state index contributed by atoms with van der Waals surface area (Å²) in [6.07, 6.45) is 5.61. The van der Waals surface area contributed by atoms with Gasteiger partial charge in [-0.25, -0.2) is 0 Å². The number of anilines is 2. The van der Waals surface area contributed by atoms with Crippen molar-refractivity contribution in [3.63, 3.8) is 0 Å². The molecular weight excluding hydrogens is 478 g/mol. The van der Waals surface area contributed by atoms with Crippen LogP contribution >= 0.6 is 23.8 Å². The van der Waals surface area contributed by atoms with Gasteiger partial charge in [-0.05, 0) is 60.3 Å². The van der Waals surface area contributed by atoms with Crippen LogP contribution in [0.5, 0.6) is 5.88 Å². The highest BCUT2D eigenvalue weighted by Crippen LogP contribution is 2.41. The fourth-order valence-corrected chi connectivity index (χ4v) is 5.61. The molecule has 8 heteroatoms. The summed E-state index contributed by atoms with van der Waals surface area (Å²) in [5.74, 6) is 1.76. The van der Waals surface area contributed by atoms with E-state index in [1.807, 2.05) is 18.2 Å². The molecule has 0 spiro atoms. The Hall–Kier alpha value is -2.90. The minimum Gasteiger partial charge on any atom is -0.481 e. The van der Waals surface area contributed by atoms with Crippen LogP contribution in [0.4, 0.5) is 11.8 Å². The number of benzene rings is 2. The third-order valence-corrected chi connectivity index (χ3v) is 7.64. The van der Waals surface area contributed by atoms with E-state index < -0.39 is 0 Å². The molecule has 1 aliphatic heterocycles. The molecule has 1 aromatic heterocycles. The number of nitrogens with one attached hydrogen (secondary N) is 2. The molecule has 6 nitrogen and oxygen atoms in total. The second kappa shape index (κ2) is 10.4. The average molecular weight is 508 g/mol. The van der Waals surface area contributed by atoms with Gasteiger partial charge in [0.15, 0.2) is 5.11 Å². The van der Waals surface area contributed by atoms with Gasteiger partial charge in [0.05, 0.1) is 7.11 Å².